The largest absolute Gasteiger partial charge is 0.346 e. The van der Waals surface area contributed by atoms with E-state index in [1.807, 2.05) is 6.08 Å². The second-order valence-electron chi connectivity index (χ2n) is 6.50. The van der Waals surface area contributed by atoms with Crippen LogP contribution in [0.1, 0.15) is 22.4 Å². The number of nitrogens with zero attached hydrogens (tertiary/aromatic N) is 2. The summed E-state index contributed by atoms with van der Waals surface area (Å²) in [5, 5.41) is 0. The van der Waals surface area contributed by atoms with E-state index < -0.39 is 0 Å². The van der Waals surface area contributed by atoms with Crippen LogP contribution in [0.4, 0.5) is 0 Å². The quantitative estimate of drug-likeness (QED) is 0.526. The molecule has 3 aromatic rings. The predicted octanol–water partition coefficient (Wildman–Crippen LogP) is 5.03. The first-order valence-electron chi connectivity index (χ1n) is 8.82. The molecule has 3 rings (SSSR count). The minimum atomic E-state index is 0.879. The smallest absolute Gasteiger partial charge is 0.0476 e. The number of aromatic nitrogens is 1. The fraction of sp³-hybridized carbons (Fsp3) is 0.217. The number of rotatable bonds is 8. The SMILES string of the molecule is C=CCN(Cc1ccccc1)Cc1cccn1Cc1ccccc1C. The Labute approximate surface area is 151 Å². The highest BCUT2D eigenvalue weighted by Gasteiger charge is 2.09. The molecule has 0 aliphatic carbocycles. The van der Waals surface area contributed by atoms with Crippen molar-refractivity contribution in [3.05, 3.63) is 108 Å². The summed E-state index contributed by atoms with van der Waals surface area (Å²) in [6.45, 7) is 9.75. The summed E-state index contributed by atoms with van der Waals surface area (Å²) < 4.78 is 2.35. The zero-order valence-corrected chi connectivity index (χ0v) is 14.9. The Morgan fingerprint density at radius 3 is 2.44 bits per heavy atom. The Morgan fingerprint density at radius 2 is 1.68 bits per heavy atom. The molecule has 0 atom stereocenters. The van der Waals surface area contributed by atoms with Crippen molar-refractivity contribution in [2.45, 2.75) is 26.6 Å². The van der Waals surface area contributed by atoms with Gasteiger partial charge in [-0.15, -0.1) is 6.58 Å². The first-order chi connectivity index (χ1) is 12.3. The normalized spacial score (nSPS) is 11.0. The van der Waals surface area contributed by atoms with E-state index in [1.165, 1.54) is 22.4 Å². The minimum absolute atomic E-state index is 0.879. The van der Waals surface area contributed by atoms with Gasteiger partial charge in [0.1, 0.15) is 0 Å². The van der Waals surface area contributed by atoms with Crippen molar-refractivity contribution in [3.8, 4) is 0 Å². The van der Waals surface area contributed by atoms with Crippen LogP contribution in [0.15, 0.2) is 85.6 Å². The standard InChI is InChI=1S/C23H26N2/c1-3-15-24(17-21-11-5-4-6-12-21)19-23-14-9-16-25(23)18-22-13-8-7-10-20(22)2/h3-14,16H,1,15,17-19H2,2H3. The van der Waals surface area contributed by atoms with Crippen molar-refractivity contribution in [1.82, 2.24) is 9.47 Å². The van der Waals surface area contributed by atoms with Gasteiger partial charge < -0.3 is 4.57 Å². The predicted molar refractivity (Wildman–Crippen MR) is 105 cm³/mol. The molecule has 0 saturated carbocycles. The molecule has 2 nitrogen and oxygen atoms in total. The molecule has 0 saturated heterocycles. The lowest BCUT2D eigenvalue weighted by atomic mass is 10.1. The van der Waals surface area contributed by atoms with Crippen molar-refractivity contribution in [1.29, 1.82) is 0 Å². The fourth-order valence-electron chi connectivity index (χ4n) is 3.16. The van der Waals surface area contributed by atoms with E-state index in [-0.39, 0.29) is 0 Å². The molecule has 0 N–H and O–H groups in total. The third-order valence-electron chi connectivity index (χ3n) is 4.55. The summed E-state index contributed by atoms with van der Waals surface area (Å²) in [5.41, 5.74) is 5.38. The molecule has 0 spiro atoms. The Bertz CT molecular complexity index is 802. The Morgan fingerprint density at radius 1 is 0.920 bits per heavy atom. The summed E-state index contributed by atoms with van der Waals surface area (Å²) in [4.78, 5) is 2.42. The maximum atomic E-state index is 3.92. The van der Waals surface area contributed by atoms with Crippen molar-refractivity contribution in [2.24, 2.45) is 0 Å². The summed E-state index contributed by atoms with van der Waals surface area (Å²) >= 11 is 0. The summed E-state index contributed by atoms with van der Waals surface area (Å²) in [6, 6.07) is 23.6. The Hall–Kier alpha value is -2.58. The van der Waals surface area contributed by atoms with E-state index in [1.54, 1.807) is 0 Å². The van der Waals surface area contributed by atoms with Gasteiger partial charge in [0.05, 0.1) is 0 Å². The molecule has 0 fully saturated rings. The Kier molecular flexibility index (Phi) is 5.86. The summed E-state index contributed by atoms with van der Waals surface area (Å²) in [6.07, 6.45) is 4.16. The number of hydrogen-bond acceptors (Lipinski definition) is 1. The summed E-state index contributed by atoms with van der Waals surface area (Å²) in [5.74, 6) is 0. The lowest BCUT2D eigenvalue weighted by Crippen LogP contribution is -2.24. The van der Waals surface area contributed by atoms with Gasteiger partial charge in [0.25, 0.3) is 0 Å². The molecule has 2 aromatic carbocycles. The molecule has 0 amide bonds. The molecule has 0 unspecified atom stereocenters. The van der Waals surface area contributed by atoms with Crippen LogP contribution >= 0.6 is 0 Å². The van der Waals surface area contributed by atoms with Crippen molar-refractivity contribution in [2.75, 3.05) is 6.54 Å². The molecule has 128 valence electrons. The zero-order valence-electron chi connectivity index (χ0n) is 14.9. The van der Waals surface area contributed by atoms with E-state index in [2.05, 4.69) is 95.9 Å². The molecule has 25 heavy (non-hydrogen) atoms. The van der Waals surface area contributed by atoms with E-state index in [4.69, 9.17) is 0 Å². The van der Waals surface area contributed by atoms with Gasteiger partial charge in [-0.05, 0) is 35.7 Å². The van der Waals surface area contributed by atoms with E-state index >= 15 is 0 Å². The summed E-state index contributed by atoms with van der Waals surface area (Å²) in [7, 11) is 0. The van der Waals surface area contributed by atoms with Crippen molar-refractivity contribution >= 4 is 0 Å². The van der Waals surface area contributed by atoms with Gasteiger partial charge in [-0.1, -0.05) is 60.7 Å². The fourth-order valence-corrected chi connectivity index (χ4v) is 3.16. The first kappa shape index (κ1) is 17.2. The van der Waals surface area contributed by atoms with Crippen molar-refractivity contribution in [3.63, 3.8) is 0 Å². The van der Waals surface area contributed by atoms with Crippen LogP contribution in [0, 0.1) is 6.92 Å². The van der Waals surface area contributed by atoms with E-state index in [0.717, 1.165) is 26.2 Å². The molecule has 0 radical (unpaired) electrons. The average Bonchev–Trinajstić information content (AvgIpc) is 3.05. The highest BCUT2D eigenvalue weighted by molar-refractivity contribution is 5.26. The van der Waals surface area contributed by atoms with Crippen molar-refractivity contribution < 1.29 is 0 Å². The average molecular weight is 330 g/mol. The van der Waals surface area contributed by atoms with Gasteiger partial charge in [-0.2, -0.15) is 0 Å². The van der Waals surface area contributed by atoms with Crippen LogP contribution in [0.25, 0.3) is 0 Å². The van der Waals surface area contributed by atoms with Gasteiger partial charge in [0, 0.05) is 38.1 Å². The molecule has 0 aliphatic rings. The lowest BCUT2D eigenvalue weighted by Gasteiger charge is -2.22. The van der Waals surface area contributed by atoms with Crippen LogP contribution < -0.4 is 0 Å². The molecule has 1 aromatic heterocycles. The third-order valence-corrected chi connectivity index (χ3v) is 4.55. The molecule has 0 bridgehead atoms. The number of benzene rings is 2. The van der Waals surface area contributed by atoms with Crippen LogP contribution in [0.2, 0.25) is 0 Å². The highest BCUT2D eigenvalue weighted by Crippen LogP contribution is 2.15. The van der Waals surface area contributed by atoms with E-state index in [9.17, 15) is 0 Å². The first-order valence-corrected chi connectivity index (χ1v) is 8.82. The van der Waals surface area contributed by atoms with Gasteiger partial charge in [0.15, 0.2) is 0 Å². The second kappa shape index (κ2) is 8.50. The van der Waals surface area contributed by atoms with Gasteiger partial charge in [-0.3, -0.25) is 4.90 Å². The number of aryl methyl sites for hydroxylation is 1. The minimum Gasteiger partial charge on any atom is -0.346 e. The zero-order chi connectivity index (χ0) is 17.5. The molecular formula is C23H26N2. The maximum absolute atomic E-state index is 3.92. The molecule has 1 heterocycles. The lowest BCUT2D eigenvalue weighted by molar-refractivity contribution is 0.279. The van der Waals surface area contributed by atoms with Gasteiger partial charge in [0.2, 0.25) is 0 Å². The van der Waals surface area contributed by atoms with Crippen LogP contribution in [0.3, 0.4) is 0 Å². The maximum Gasteiger partial charge on any atom is 0.0476 e. The Balaban J connectivity index is 1.74. The van der Waals surface area contributed by atoms with Gasteiger partial charge >= 0.3 is 0 Å². The topological polar surface area (TPSA) is 8.17 Å². The number of hydrogen-bond donors (Lipinski definition) is 0. The highest BCUT2D eigenvalue weighted by atomic mass is 15.1. The van der Waals surface area contributed by atoms with E-state index in [0.29, 0.717) is 0 Å². The molecule has 0 aliphatic heterocycles. The molecule has 2 heteroatoms. The second-order valence-corrected chi connectivity index (χ2v) is 6.50. The van der Waals surface area contributed by atoms with Crippen LogP contribution in [-0.2, 0) is 19.6 Å². The monoisotopic (exact) mass is 330 g/mol. The van der Waals surface area contributed by atoms with Gasteiger partial charge in [-0.25, -0.2) is 0 Å². The van der Waals surface area contributed by atoms with Crippen LogP contribution in [-0.4, -0.2) is 16.0 Å². The third kappa shape index (κ3) is 4.71. The molecular weight excluding hydrogens is 304 g/mol. The van der Waals surface area contributed by atoms with Crippen LogP contribution in [0.5, 0.6) is 0 Å².